The smallest absolute Gasteiger partial charge is 0.323 e. The molecule has 9 heteroatoms. The molecule has 4 N–H and O–H groups in total. The van der Waals surface area contributed by atoms with Crippen molar-refractivity contribution in [2.45, 2.75) is 32.8 Å². The summed E-state index contributed by atoms with van der Waals surface area (Å²) in [7, 11) is 0. The fourth-order valence-electron chi connectivity index (χ4n) is 1.57. The second-order valence-electron chi connectivity index (χ2n) is 4.73. The molecule has 0 fully saturated rings. The summed E-state index contributed by atoms with van der Waals surface area (Å²) in [4.78, 5) is 16.7. The van der Waals surface area contributed by atoms with E-state index >= 15 is 0 Å². The van der Waals surface area contributed by atoms with E-state index in [1.807, 2.05) is 19.2 Å². The molecule has 0 aromatic carbocycles. The van der Waals surface area contributed by atoms with E-state index in [0.29, 0.717) is 12.5 Å². The Hall–Kier alpha value is -2.00. The first kappa shape index (κ1) is 15.4. The third kappa shape index (κ3) is 4.50. The maximum Gasteiger partial charge on any atom is 0.323 e. The lowest BCUT2D eigenvalue weighted by atomic mass is 10.2. The highest BCUT2D eigenvalue weighted by molar-refractivity contribution is 7.09. The Morgan fingerprint density at radius 3 is 2.62 bits per heavy atom. The van der Waals surface area contributed by atoms with Crippen LogP contribution in [0.4, 0.5) is 11.9 Å². The summed E-state index contributed by atoms with van der Waals surface area (Å²) in [5.74, 6) is 6.28. The largest absolute Gasteiger partial charge is 0.461 e. The van der Waals surface area contributed by atoms with Gasteiger partial charge in [-0.3, -0.25) is 5.43 Å². The zero-order valence-electron chi connectivity index (χ0n) is 12.2. The second-order valence-corrected chi connectivity index (χ2v) is 5.65. The Labute approximate surface area is 127 Å². The number of nitrogens with zero attached hydrogens (tertiary/aromatic N) is 4. The van der Waals surface area contributed by atoms with E-state index in [1.54, 1.807) is 17.5 Å². The van der Waals surface area contributed by atoms with Crippen LogP contribution in [0.2, 0.25) is 0 Å². The van der Waals surface area contributed by atoms with Crippen LogP contribution in [-0.2, 0) is 0 Å². The Morgan fingerprint density at radius 2 is 2.00 bits per heavy atom. The van der Waals surface area contributed by atoms with Crippen LogP contribution >= 0.6 is 11.3 Å². The van der Waals surface area contributed by atoms with Gasteiger partial charge in [0.25, 0.3) is 0 Å². The summed E-state index contributed by atoms with van der Waals surface area (Å²) in [6.07, 6.45) is 1.77. The van der Waals surface area contributed by atoms with Gasteiger partial charge in [0.05, 0.1) is 11.1 Å². The van der Waals surface area contributed by atoms with Crippen LogP contribution in [0, 0.1) is 0 Å². The zero-order valence-corrected chi connectivity index (χ0v) is 13.0. The number of aromatic nitrogens is 4. The highest BCUT2D eigenvalue weighted by Crippen LogP contribution is 2.18. The van der Waals surface area contributed by atoms with Gasteiger partial charge in [0, 0.05) is 24.0 Å². The van der Waals surface area contributed by atoms with Crippen molar-refractivity contribution >= 4 is 23.2 Å². The number of nitrogens with one attached hydrogen (secondary N) is 2. The van der Waals surface area contributed by atoms with Gasteiger partial charge in [-0.05, 0) is 13.8 Å². The van der Waals surface area contributed by atoms with Crippen LogP contribution in [0.25, 0.3) is 0 Å². The van der Waals surface area contributed by atoms with Gasteiger partial charge in [-0.1, -0.05) is 6.92 Å². The van der Waals surface area contributed by atoms with Gasteiger partial charge >= 0.3 is 6.01 Å². The minimum absolute atomic E-state index is 0.0277. The molecule has 0 aliphatic heterocycles. The number of hydrazine groups is 1. The molecule has 114 valence electrons. The van der Waals surface area contributed by atoms with Crippen molar-refractivity contribution in [1.82, 2.24) is 19.9 Å². The first-order chi connectivity index (χ1) is 10.1. The Balaban J connectivity index is 2.04. The van der Waals surface area contributed by atoms with E-state index in [-0.39, 0.29) is 24.0 Å². The molecule has 8 nitrogen and oxygen atoms in total. The van der Waals surface area contributed by atoms with Crippen LogP contribution in [0.15, 0.2) is 11.6 Å². The van der Waals surface area contributed by atoms with Crippen LogP contribution in [-0.4, -0.2) is 32.6 Å². The third-order valence-electron chi connectivity index (χ3n) is 2.52. The third-order valence-corrected chi connectivity index (χ3v) is 3.53. The fourth-order valence-corrected chi connectivity index (χ4v) is 2.27. The lowest BCUT2D eigenvalue weighted by Gasteiger charge is -2.13. The molecule has 2 rings (SSSR count). The molecule has 1 unspecified atom stereocenters. The van der Waals surface area contributed by atoms with Crippen LogP contribution in [0.3, 0.4) is 0 Å². The van der Waals surface area contributed by atoms with Crippen molar-refractivity contribution in [1.29, 1.82) is 0 Å². The van der Waals surface area contributed by atoms with E-state index in [9.17, 15) is 0 Å². The lowest BCUT2D eigenvalue weighted by molar-refractivity contribution is 0.222. The molecule has 0 spiro atoms. The normalized spacial score (nSPS) is 12.2. The molecule has 0 aliphatic carbocycles. The van der Waals surface area contributed by atoms with Crippen molar-refractivity contribution in [3.8, 4) is 6.01 Å². The molecule has 0 saturated carbocycles. The summed E-state index contributed by atoms with van der Waals surface area (Å²) in [5.41, 5.74) is 2.40. The van der Waals surface area contributed by atoms with Gasteiger partial charge < -0.3 is 10.1 Å². The Bertz CT molecular complexity index is 561. The van der Waals surface area contributed by atoms with Crippen LogP contribution in [0.1, 0.15) is 31.7 Å². The lowest BCUT2D eigenvalue weighted by Crippen LogP contribution is -2.18. The second kappa shape index (κ2) is 7.14. The number of anilines is 2. The molecule has 21 heavy (non-hydrogen) atoms. The van der Waals surface area contributed by atoms with E-state index in [1.165, 1.54) is 0 Å². The van der Waals surface area contributed by atoms with Gasteiger partial charge in [-0.2, -0.15) is 15.0 Å². The average molecular weight is 309 g/mol. The highest BCUT2D eigenvalue weighted by Gasteiger charge is 2.11. The highest BCUT2D eigenvalue weighted by atomic mass is 32.1. The fraction of sp³-hybridized carbons (Fsp3) is 0.500. The van der Waals surface area contributed by atoms with Crippen molar-refractivity contribution < 1.29 is 4.74 Å². The molecule has 0 aliphatic rings. The van der Waals surface area contributed by atoms with Gasteiger partial charge in [0.1, 0.15) is 0 Å². The number of hydrogen-bond donors (Lipinski definition) is 3. The number of rotatable bonds is 7. The monoisotopic (exact) mass is 309 g/mol. The molecule has 0 bridgehead atoms. The number of hydrogen-bond acceptors (Lipinski definition) is 9. The zero-order chi connectivity index (χ0) is 15.2. The van der Waals surface area contributed by atoms with Gasteiger partial charge in [-0.25, -0.2) is 10.8 Å². The average Bonchev–Trinajstić information content (AvgIpc) is 2.98. The first-order valence-electron chi connectivity index (χ1n) is 6.61. The number of thiazole rings is 1. The van der Waals surface area contributed by atoms with E-state index in [0.717, 1.165) is 5.01 Å². The first-order valence-corrected chi connectivity index (χ1v) is 7.49. The van der Waals surface area contributed by atoms with Crippen molar-refractivity contribution in [3.63, 3.8) is 0 Å². The van der Waals surface area contributed by atoms with Crippen LogP contribution < -0.4 is 21.3 Å². The Kier molecular flexibility index (Phi) is 5.23. The van der Waals surface area contributed by atoms with Crippen molar-refractivity contribution in [2.24, 2.45) is 5.84 Å². The van der Waals surface area contributed by atoms with Gasteiger partial charge in [0.2, 0.25) is 11.9 Å². The minimum Gasteiger partial charge on any atom is -0.461 e. The predicted molar refractivity (Wildman–Crippen MR) is 82.4 cm³/mol. The summed E-state index contributed by atoms with van der Waals surface area (Å²) in [5, 5.41) is 6.17. The Morgan fingerprint density at radius 1 is 1.24 bits per heavy atom. The molecule has 0 saturated heterocycles. The number of nitrogens with two attached hydrogens (primary N) is 1. The summed E-state index contributed by atoms with van der Waals surface area (Å²) < 4.78 is 5.47. The van der Waals surface area contributed by atoms with Crippen molar-refractivity contribution in [3.05, 3.63) is 16.6 Å². The topological polar surface area (TPSA) is 111 Å². The molecular formula is C12H19N7OS. The standard InChI is InChI=1S/C12H19N7OS/c1-7(2)20-12-17-10(16-11(18-12)19-13)15-6-8(3)9-14-4-5-21-9/h4-5,7-8H,6,13H2,1-3H3,(H2,15,16,17,18,19). The quantitative estimate of drug-likeness (QED) is 0.522. The predicted octanol–water partition coefficient (Wildman–Crippen LogP) is 1.62. The molecule has 0 radical (unpaired) electrons. The van der Waals surface area contributed by atoms with Gasteiger partial charge in [-0.15, -0.1) is 11.3 Å². The van der Waals surface area contributed by atoms with Crippen LogP contribution in [0.5, 0.6) is 6.01 Å². The van der Waals surface area contributed by atoms with Gasteiger partial charge in [0.15, 0.2) is 0 Å². The SMILES string of the molecule is CC(C)Oc1nc(NN)nc(NCC(C)c2nccs2)n1. The molecule has 1 atom stereocenters. The molecule has 2 heterocycles. The van der Waals surface area contributed by atoms with E-state index < -0.39 is 0 Å². The number of ether oxygens (including phenoxy) is 1. The maximum atomic E-state index is 5.47. The van der Waals surface area contributed by atoms with E-state index in [2.05, 4.69) is 37.6 Å². The molecular weight excluding hydrogens is 290 g/mol. The summed E-state index contributed by atoms with van der Waals surface area (Å²) in [6.45, 7) is 6.54. The molecule has 2 aromatic heterocycles. The minimum atomic E-state index is -0.0277. The van der Waals surface area contributed by atoms with Crippen molar-refractivity contribution in [2.75, 3.05) is 17.3 Å². The molecule has 2 aromatic rings. The summed E-state index contributed by atoms with van der Waals surface area (Å²) in [6, 6.07) is 0.234. The van der Waals surface area contributed by atoms with E-state index in [4.69, 9.17) is 10.6 Å². The molecule has 0 amide bonds. The summed E-state index contributed by atoms with van der Waals surface area (Å²) >= 11 is 1.62. The maximum absolute atomic E-state index is 5.47. The number of nitrogen functional groups attached to an aromatic ring is 1.